The molecule has 4 heterocycles. The molecule has 1 aliphatic heterocycles. The van der Waals surface area contributed by atoms with Crippen LogP contribution in [0, 0.1) is 36.0 Å². The summed E-state index contributed by atoms with van der Waals surface area (Å²) in [6.07, 6.45) is 2.75. The van der Waals surface area contributed by atoms with Gasteiger partial charge in [-0.05, 0) is 50.5 Å². The van der Waals surface area contributed by atoms with Gasteiger partial charge >= 0.3 is 5.69 Å². The number of carbonyl (C=O) groups is 1. The Morgan fingerprint density at radius 1 is 1.04 bits per heavy atom. The van der Waals surface area contributed by atoms with Crippen molar-refractivity contribution >= 4 is 28.4 Å². The molecule has 0 saturated carbocycles. The summed E-state index contributed by atoms with van der Waals surface area (Å²) in [4.78, 5) is 42.8. The number of benzene rings is 1. The van der Waals surface area contributed by atoms with Gasteiger partial charge in [-0.3, -0.25) is 9.78 Å². The standard InChI is InChI=1S/C31H30F5N7O2/c1-7-19(44)42-15(5)11-41(12-16(42)6)29-17-10-18(32)27(20-21(33)22(34)23(35)24(36)25(20)37)39-30(17)43(31(45)40-29)28-14(4)8-9-38-26(28)13(2)3/h7-10,13,15-16H,1,11-12,37H2,2-6H3/t15-,16?/m0/s1. The molecule has 236 valence electrons. The fourth-order valence-corrected chi connectivity index (χ4v) is 5.92. The first kappa shape index (κ1) is 31.5. The lowest BCUT2D eigenvalue weighted by Gasteiger charge is -2.44. The molecule has 2 atom stereocenters. The molecule has 0 aliphatic carbocycles. The van der Waals surface area contributed by atoms with E-state index < -0.39 is 51.7 Å². The maximum atomic E-state index is 15.9. The molecule has 1 amide bonds. The van der Waals surface area contributed by atoms with E-state index in [2.05, 4.69) is 21.5 Å². The number of hydrogen-bond acceptors (Lipinski definition) is 7. The van der Waals surface area contributed by atoms with Gasteiger partial charge < -0.3 is 15.5 Å². The third-order valence-corrected chi connectivity index (χ3v) is 7.91. The van der Waals surface area contributed by atoms with Gasteiger partial charge in [0, 0.05) is 31.4 Å². The molecule has 4 aromatic rings. The number of fused-ring (bicyclic) bond motifs is 1. The second-order valence-corrected chi connectivity index (χ2v) is 11.4. The predicted molar refractivity (Wildman–Crippen MR) is 160 cm³/mol. The van der Waals surface area contributed by atoms with Crippen LogP contribution in [0.15, 0.2) is 35.8 Å². The van der Waals surface area contributed by atoms with Crippen LogP contribution in [0.4, 0.5) is 33.5 Å². The molecule has 9 nitrogen and oxygen atoms in total. The van der Waals surface area contributed by atoms with Crippen molar-refractivity contribution in [2.75, 3.05) is 23.7 Å². The number of rotatable bonds is 5. The topological polar surface area (TPSA) is 110 Å². The summed E-state index contributed by atoms with van der Waals surface area (Å²) in [6.45, 7) is 12.9. The van der Waals surface area contributed by atoms with Gasteiger partial charge in [0.15, 0.2) is 34.7 Å². The molecule has 45 heavy (non-hydrogen) atoms. The van der Waals surface area contributed by atoms with Gasteiger partial charge in [-0.15, -0.1) is 0 Å². The van der Waals surface area contributed by atoms with Crippen molar-refractivity contribution in [3.05, 3.63) is 81.8 Å². The number of hydrogen-bond donors (Lipinski definition) is 1. The van der Waals surface area contributed by atoms with Crippen molar-refractivity contribution in [2.45, 2.75) is 52.6 Å². The highest BCUT2D eigenvalue weighted by Gasteiger charge is 2.35. The first-order chi connectivity index (χ1) is 21.2. The minimum absolute atomic E-state index is 0.00117. The molecule has 0 spiro atoms. The summed E-state index contributed by atoms with van der Waals surface area (Å²) < 4.78 is 74.9. The molecule has 1 aliphatic rings. The van der Waals surface area contributed by atoms with Crippen molar-refractivity contribution in [3.8, 4) is 16.9 Å². The lowest BCUT2D eigenvalue weighted by atomic mass is 10.0. The molecule has 5 rings (SSSR count). The van der Waals surface area contributed by atoms with Crippen molar-refractivity contribution in [1.29, 1.82) is 0 Å². The Morgan fingerprint density at radius 2 is 1.67 bits per heavy atom. The normalized spacial score (nSPS) is 17.0. The molecule has 14 heteroatoms. The van der Waals surface area contributed by atoms with Crippen molar-refractivity contribution < 1.29 is 26.7 Å². The Hall–Kier alpha value is -4.88. The van der Waals surface area contributed by atoms with Crippen molar-refractivity contribution in [2.24, 2.45) is 0 Å². The second kappa shape index (κ2) is 11.6. The molecular weight excluding hydrogens is 597 g/mol. The number of nitrogens with two attached hydrogens (primary N) is 1. The number of carbonyl (C=O) groups excluding carboxylic acids is 1. The zero-order chi connectivity index (χ0) is 33.1. The number of pyridine rings is 2. The summed E-state index contributed by atoms with van der Waals surface area (Å²) in [7, 11) is 0. The van der Waals surface area contributed by atoms with Gasteiger partial charge in [0.2, 0.25) is 5.91 Å². The van der Waals surface area contributed by atoms with E-state index in [-0.39, 0.29) is 59.5 Å². The zero-order valence-corrected chi connectivity index (χ0v) is 25.1. The van der Waals surface area contributed by atoms with E-state index in [0.717, 1.165) is 10.6 Å². The van der Waals surface area contributed by atoms with Gasteiger partial charge in [-0.2, -0.15) is 4.98 Å². The molecule has 0 bridgehead atoms. The van der Waals surface area contributed by atoms with E-state index in [1.807, 2.05) is 13.8 Å². The maximum absolute atomic E-state index is 15.9. The number of amides is 1. The largest absolute Gasteiger partial charge is 0.396 e. The fraction of sp³-hybridized carbons (Fsp3) is 0.323. The van der Waals surface area contributed by atoms with Gasteiger partial charge in [0.25, 0.3) is 0 Å². The van der Waals surface area contributed by atoms with Crippen LogP contribution in [0.1, 0.15) is 44.9 Å². The SMILES string of the molecule is C=CC(=O)N1C(C)CN(c2nc(=O)n(-c3c(C)ccnc3C(C)C)c3nc(-c4c(N)c(F)c(F)c(F)c4F)c(F)cc23)C[C@@H]1C. The maximum Gasteiger partial charge on any atom is 0.355 e. The molecule has 2 N–H and O–H groups in total. The number of piperazine rings is 1. The lowest BCUT2D eigenvalue weighted by Crippen LogP contribution is -2.58. The Bertz CT molecular complexity index is 1900. The summed E-state index contributed by atoms with van der Waals surface area (Å²) in [5, 5.41) is -0.00117. The highest BCUT2D eigenvalue weighted by molar-refractivity contribution is 5.92. The summed E-state index contributed by atoms with van der Waals surface area (Å²) in [6, 6.07) is 1.80. The molecule has 0 radical (unpaired) electrons. The van der Waals surface area contributed by atoms with Crippen molar-refractivity contribution in [1.82, 2.24) is 24.4 Å². The third kappa shape index (κ3) is 5.07. The van der Waals surface area contributed by atoms with E-state index in [0.29, 0.717) is 11.3 Å². The Kier molecular flexibility index (Phi) is 8.10. The van der Waals surface area contributed by atoms with Crippen LogP contribution in [0.2, 0.25) is 0 Å². The molecular formula is C31H30F5N7O2. The van der Waals surface area contributed by atoms with Crippen LogP contribution in [-0.4, -0.2) is 55.5 Å². The van der Waals surface area contributed by atoms with Gasteiger partial charge in [0.1, 0.15) is 11.5 Å². The Balaban J connectivity index is 1.87. The van der Waals surface area contributed by atoms with Crippen LogP contribution in [-0.2, 0) is 4.79 Å². The minimum Gasteiger partial charge on any atom is -0.396 e. The number of anilines is 2. The number of aryl methyl sites for hydroxylation is 1. The smallest absolute Gasteiger partial charge is 0.355 e. The lowest BCUT2D eigenvalue weighted by molar-refractivity contribution is -0.130. The number of aromatic nitrogens is 4. The average Bonchev–Trinajstić information content (AvgIpc) is 2.99. The van der Waals surface area contributed by atoms with Crippen LogP contribution in [0.3, 0.4) is 0 Å². The summed E-state index contributed by atoms with van der Waals surface area (Å²) in [5.41, 5.74) is 2.55. The Morgan fingerprint density at radius 3 is 2.27 bits per heavy atom. The summed E-state index contributed by atoms with van der Waals surface area (Å²) in [5.74, 6) is -9.98. The molecule has 1 aromatic carbocycles. The minimum atomic E-state index is -2.20. The first-order valence-electron chi connectivity index (χ1n) is 14.1. The highest BCUT2D eigenvalue weighted by Crippen LogP contribution is 2.38. The van der Waals surface area contributed by atoms with Gasteiger partial charge in [-0.1, -0.05) is 20.4 Å². The van der Waals surface area contributed by atoms with Gasteiger partial charge in [-0.25, -0.2) is 36.3 Å². The number of nitrogens with zero attached hydrogens (tertiary/aromatic N) is 6. The third-order valence-electron chi connectivity index (χ3n) is 7.91. The van der Waals surface area contributed by atoms with Crippen LogP contribution in [0.5, 0.6) is 0 Å². The van der Waals surface area contributed by atoms with Crippen LogP contribution < -0.4 is 16.3 Å². The summed E-state index contributed by atoms with van der Waals surface area (Å²) >= 11 is 0. The number of halogens is 5. The van der Waals surface area contributed by atoms with E-state index in [1.165, 1.54) is 6.08 Å². The van der Waals surface area contributed by atoms with Crippen LogP contribution >= 0.6 is 0 Å². The van der Waals surface area contributed by atoms with Gasteiger partial charge in [0.05, 0.1) is 28.0 Å². The van der Waals surface area contributed by atoms with Crippen molar-refractivity contribution in [3.63, 3.8) is 0 Å². The monoisotopic (exact) mass is 627 g/mol. The number of nitrogen functional groups attached to an aromatic ring is 1. The predicted octanol–water partition coefficient (Wildman–Crippen LogP) is 5.16. The van der Waals surface area contributed by atoms with E-state index in [9.17, 15) is 22.8 Å². The molecule has 1 unspecified atom stereocenters. The quantitative estimate of drug-likeness (QED) is 0.107. The molecule has 1 saturated heterocycles. The Labute approximate surface area is 254 Å². The second-order valence-electron chi connectivity index (χ2n) is 11.4. The van der Waals surface area contributed by atoms with Crippen LogP contribution in [0.25, 0.3) is 28.0 Å². The van der Waals surface area contributed by atoms with E-state index in [4.69, 9.17) is 5.73 Å². The van der Waals surface area contributed by atoms with E-state index in [1.54, 1.807) is 42.8 Å². The molecule has 3 aromatic heterocycles. The first-order valence-corrected chi connectivity index (χ1v) is 14.1. The van der Waals surface area contributed by atoms with E-state index >= 15 is 8.78 Å². The fourth-order valence-electron chi connectivity index (χ4n) is 5.92. The zero-order valence-electron chi connectivity index (χ0n) is 25.1. The molecule has 1 fully saturated rings. The average molecular weight is 628 g/mol. The highest BCUT2D eigenvalue weighted by atomic mass is 19.2.